The van der Waals surface area contributed by atoms with Gasteiger partial charge in [-0.1, -0.05) is 51.7 Å². The van der Waals surface area contributed by atoms with Gasteiger partial charge in [0.25, 0.3) is 0 Å². The normalized spacial score (nSPS) is 26.2. The molecule has 2 rings (SSSR count). The lowest BCUT2D eigenvalue weighted by atomic mass is 9.89. The molecular formula is C22H39NO3. The second-order valence-corrected chi connectivity index (χ2v) is 8.41. The van der Waals surface area contributed by atoms with Gasteiger partial charge in [0.1, 0.15) is 5.78 Å². The molecule has 0 aromatic heterocycles. The fourth-order valence-corrected chi connectivity index (χ4v) is 4.07. The summed E-state index contributed by atoms with van der Waals surface area (Å²) in [6, 6.07) is 0. The van der Waals surface area contributed by atoms with Crippen molar-refractivity contribution >= 4 is 5.78 Å². The van der Waals surface area contributed by atoms with Gasteiger partial charge in [0.05, 0.1) is 19.3 Å². The van der Waals surface area contributed by atoms with E-state index in [2.05, 4.69) is 11.0 Å². The Morgan fingerprint density at radius 1 is 1.15 bits per heavy atom. The molecule has 0 radical (unpaired) electrons. The van der Waals surface area contributed by atoms with Crippen molar-refractivity contribution in [2.24, 2.45) is 17.8 Å². The van der Waals surface area contributed by atoms with Gasteiger partial charge in [-0.2, -0.15) is 0 Å². The maximum Gasteiger partial charge on any atom is 0.136 e. The molecule has 0 aromatic carbocycles. The molecule has 0 aromatic rings. The van der Waals surface area contributed by atoms with E-state index in [1.807, 2.05) is 19.9 Å². The number of aliphatic hydroxyl groups excluding tert-OH is 1. The average Bonchev–Trinajstić information content (AvgIpc) is 2.99. The number of ketones is 1. The zero-order valence-corrected chi connectivity index (χ0v) is 16.9. The number of Topliss-reactive ketones (excluding diaryl/α,β-unsaturated/α-hetero) is 1. The molecule has 4 heteroatoms. The van der Waals surface area contributed by atoms with Gasteiger partial charge < -0.3 is 9.84 Å². The third kappa shape index (κ3) is 7.50. The van der Waals surface area contributed by atoms with E-state index < -0.39 is 6.10 Å². The van der Waals surface area contributed by atoms with E-state index in [1.165, 1.54) is 32.2 Å². The van der Waals surface area contributed by atoms with Crippen molar-refractivity contribution in [1.82, 2.24) is 4.90 Å². The Bertz CT molecular complexity index is 429. The van der Waals surface area contributed by atoms with E-state index in [1.54, 1.807) is 0 Å². The number of rotatable bonds is 11. The van der Waals surface area contributed by atoms with Gasteiger partial charge >= 0.3 is 0 Å². The highest BCUT2D eigenvalue weighted by molar-refractivity contribution is 5.83. The van der Waals surface area contributed by atoms with Crippen molar-refractivity contribution in [3.63, 3.8) is 0 Å². The first-order chi connectivity index (χ1) is 12.6. The second kappa shape index (κ2) is 11.9. The number of hydrogen-bond acceptors (Lipinski definition) is 4. The van der Waals surface area contributed by atoms with Crippen LogP contribution in [0.4, 0.5) is 0 Å². The molecule has 1 saturated heterocycles. The summed E-state index contributed by atoms with van der Waals surface area (Å²) in [5.41, 5.74) is 0. The van der Waals surface area contributed by atoms with Gasteiger partial charge in [0.2, 0.25) is 0 Å². The first kappa shape index (κ1) is 21.6. The fourth-order valence-electron chi connectivity index (χ4n) is 4.07. The molecule has 150 valence electrons. The van der Waals surface area contributed by atoms with Crippen molar-refractivity contribution in [2.75, 3.05) is 32.8 Å². The van der Waals surface area contributed by atoms with Gasteiger partial charge in [-0.15, -0.1) is 0 Å². The maximum absolute atomic E-state index is 12.2. The third-order valence-corrected chi connectivity index (χ3v) is 5.99. The monoisotopic (exact) mass is 365 g/mol. The minimum Gasteiger partial charge on any atom is -0.389 e. The summed E-state index contributed by atoms with van der Waals surface area (Å²) in [6.07, 6.45) is 12.6. The number of aliphatic hydroxyl groups is 1. The predicted octanol–water partition coefficient (Wildman–Crippen LogP) is 3.83. The number of allylic oxidation sites excluding steroid dienone is 1. The first-order valence-electron chi connectivity index (χ1n) is 10.8. The van der Waals surface area contributed by atoms with Crippen LogP contribution in [-0.2, 0) is 9.53 Å². The number of carbonyl (C=O) groups is 1. The van der Waals surface area contributed by atoms with Crippen LogP contribution in [-0.4, -0.2) is 54.7 Å². The highest BCUT2D eigenvalue weighted by Crippen LogP contribution is 2.34. The SMILES string of the molecule is CC(C)[C@@H](O)/C=C/[C@H]1CCC(=O)[C@@H]1CCCCCCCN1CCOCC1. The van der Waals surface area contributed by atoms with Crippen molar-refractivity contribution in [3.8, 4) is 0 Å². The smallest absolute Gasteiger partial charge is 0.136 e. The highest BCUT2D eigenvalue weighted by Gasteiger charge is 2.32. The molecule has 0 bridgehead atoms. The fraction of sp³-hybridized carbons (Fsp3) is 0.864. The van der Waals surface area contributed by atoms with E-state index in [0.717, 1.165) is 52.0 Å². The maximum atomic E-state index is 12.2. The van der Waals surface area contributed by atoms with Gasteiger partial charge in [-0.25, -0.2) is 0 Å². The minimum absolute atomic E-state index is 0.193. The standard InChI is InChI=1S/C22H39NO3/c1-18(2)21(24)11-9-19-10-12-22(25)20(19)8-6-4-3-5-7-13-23-14-16-26-17-15-23/h9,11,18-21,24H,3-8,10,12-17H2,1-2H3/b11-9+/t19-,20+,21-/m0/s1. The molecule has 0 unspecified atom stereocenters. The predicted molar refractivity (Wildman–Crippen MR) is 106 cm³/mol. The molecule has 26 heavy (non-hydrogen) atoms. The lowest BCUT2D eigenvalue weighted by Crippen LogP contribution is -2.36. The molecule has 1 N–H and O–H groups in total. The molecule has 4 nitrogen and oxygen atoms in total. The van der Waals surface area contributed by atoms with Crippen LogP contribution in [0.25, 0.3) is 0 Å². The largest absolute Gasteiger partial charge is 0.389 e. The van der Waals surface area contributed by atoms with Crippen molar-refractivity contribution < 1.29 is 14.6 Å². The Morgan fingerprint density at radius 2 is 1.85 bits per heavy atom. The minimum atomic E-state index is -0.391. The third-order valence-electron chi connectivity index (χ3n) is 5.99. The van der Waals surface area contributed by atoms with Crippen molar-refractivity contribution in [2.45, 2.75) is 71.3 Å². The van der Waals surface area contributed by atoms with Gasteiger partial charge in [-0.3, -0.25) is 9.69 Å². The van der Waals surface area contributed by atoms with E-state index in [0.29, 0.717) is 11.7 Å². The van der Waals surface area contributed by atoms with E-state index >= 15 is 0 Å². The zero-order chi connectivity index (χ0) is 18.8. The van der Waals surface area contributed by atoms with Crippen molar-refractivity contribution in [1.29, 1.82) is 0 Å². The number of carbonyl (C=O) groups excluding carboxylic acids is 1. The molecule has 1 heterocycles. The molecule has 2 fully saturated rings. The molecule has 0 amide bonds. The van der Waals surface area contributed by atoms with Crippen LogP contribution in [0.5, 0.6) is 0 Å². The van der Waals surface area contributed by atoms with Crippen LogP contribution in [0.1, 0.15) is 65.2 Å². The summed E-state index contributed by atoms with van der Waals surface area (Å²) in [4.78, 5) is 14.7. The van der Waals surface area contributed by atoms with Crippen LogP contribution in [0.2, 0.25) is 0 Å². The van der Waals surface area contributed by atoms with Gasteiger partial charge in [0.15, 0.2) is 0 Å². The Morgan fingerprint density at radius 3 is 2.58 bits per heavy atom. The van der Waals surface area contributed by atoms with Crippen molar-refractivity contribution in [3.05, 3.63) is 12.2 Å². The van der Waals surface area contributed by atoms with E-state index in [9.17, 15) is 9.90 Å². The summed E-state index contributed by atoms with van der Waals surface area (Å²) in [5, 5.41) is 9.95. The molecule has 1 aliphatic heterocycles. The Hall–Kier alpha value is -0.710. The highest BCUT2D eigenvalue weighted by atomic mass is 16.5. The van der Waals surface area contributed by atoms with Gasteiger partial charge in [0, 0.05) is 25.4 Å². The van der Waals surface area contributed by atoms with E-state index in [4.69, 9.17) is 4.74 Å². The summed E-state index contributed by atoms with van der Waals surface area (Å²) in [5.74, 6) is 1.21. The topological polar surface area (TPSA) is 49.8 Å². The number of ether oxygens (including phenoxy) is 1. The lowest BCUT2D eigenvalue weighted by molar-refractivity contribution is -0.121. The molecular weight excluding hydrogens is 326 g/mol. The molecule has 0 spiro atoms. The number of nitrogens with zero attached hydrogens (tertiary/aromatic N) is 1. The average molecular weight is 366 g/mol. The molecule has 1 saturated carbocycles. The Balaban J connectivity index is 1.57. The summed E-state index contributed by atoms with van der Waals surface area (Å²) in [7, 11) is 0. The molecule has 3 atom stereocenters. The van der Waals surface area contributed by atoms with Crippen LogP contribution in [0, 0.1) is 17.8 Å². The van der Waals surface area contributed by atoms with Crippen LogP contribution in [0.15, 0.2) is 12.2 Å². The number of morpholine rings is 1. The summed E-state index contributed by atoms with van der Waals surface area (Å²) >= 11 is 0. The number of unbranched alkanes of at least 4 members (excludes halogenated alkanes) is 4. The quantitative estimate of drug-likeness (QED) is 0.447. The Kier molecular flexibility index (Phi) is 9.87. The lowest BCUT2D eigenvalue weighted by Gasteiger charge is -2.26. The molecule has 1 aliphatic carbocycles. The summed E-state index contributed by atoms with van der Waals surface area (Å²) in [6.45, 7) is 9.19. The van der Waals surface area contributed by atoms with Crippen LogP contribution in [0.3, 0.4) is 0 Å². The zero-order valence-electron chi connectivity index (χ0n) is 16.9. The number of hydrogen-bond donors (Lipinski definition) is 1. The van der Waals surface area contributed by atoms with Crippen LogP contribution >= 0.6 is 0 Å². The first-order valence-corrected chi connectivity index (χ1v) is 10.8. The second-order valence-electron chi connectivity index (χ2n) is 8.41. The van der Waals surface area contributed by atoms with Crippen LogP contribution < -0.4 is 0 Å². The summed E-state index contributed by atoms with van der Waals surface area (Å²) < 4.78 is 5.38. The van der Waals surface area contributed by atoms with E-state index in [-0.39, 0.29) is 11.8 Å². The van der Waals surface area contributed by atoms with Gasteiger partial charge in [-0.05, 0) is 37.6 Å². The molecule has 2 aliphatic rings. The Labute approximate surface area is 160 Å².